The smallest absolute Gasteiger partial charge is 0.261 e. The Hall–Kier alpha value is -2.64. The number of ketones is 1. The molecule has 0 N–H and O–H groups in total. The van der Waals surface area contributed by atoms with E-state index in [4.69, 9.17) is 9.47 Å². The van der Waals surface area contributed by atoms with Crippen LogP contribution in [-0.2, 0) is 11.2 Å². The van der Waals surface area contributed by atoms with Gasteiger partial charge in [-0.15, -0.1) is 22.7 Å². The summed E-state index contributed by atoms with van der Waals surface area (Å²) < 4.78 is 11.1. The number of benzene rings is 1. The van der Waals surface area contributed by atoms with E-state index in [1.165, 1.54) is 24.5 Å². The molecule has 0 spiro atoms. The van der Waals surface area contributed by atoms with Crippen molar-refractivity contribution >= 4 is 34.4 Å². The third kappa shape index (κ3) is 3.93. The molecule has 1 aliphatic heterocycles. The molecule has 0 bridgehead atoms. The van der Waals surface area contributed by atoms with Crippen molar-refractivity contribution in [1.82, 2.24) is 4.90 Å². The Balaban J connectivity index is 1.53. The Bertz CT molecular complexity index is 1030. The van der Waals surface area contributed by atoms with Gasteiger partial charge in [-0.1, -0.05) is 6.07 Å². The minimum atomic E-state index is -0.0862. The van der Waals surface area contributed by atoms with Crippen LogP contribution in [0.2, 0.25) is 0 Å². The molecule has 1 amide bonds. The lowest BCUT2D eigenvalue weighted by Gasteiger charge is -2.35. The predicted octanol–water partition coefficient (Wildman–Crippen LogP) is 4.57. The van der Waals surface area contributed by atoms with Gasteiger partial charge in [0, 0.05) is 21.9 Å². The standard InChI is InChI=1S/C22H21NO4S2/c1-14(24)15-5-6-17(18(12-15)26-2)27-13-21(25)23-9-7-19-16(8-11-29-19)22(23)20-4-3-10-28-20/h3-6,8,10-12,22H,7,9,13H2,1-2H3/t22-/m0/s1. The largest absolute Gasteiger partial charge is 0.493 e. The van der Waals surface area contributed by atoms with Gasteiger partial charge in [0.15, 0.2) is 23.9 Å². The molecule has 29 heavy (non-hydrogen) atoms. The van der Waals surface area contributed by atoms with E-state index in [9.17, 15) is 9.59 Å². The lowest BCUT2D eigenvalue weighted by molar-refractivity contribution is -0.135. The number of amides is 1. The lowest BCUT2D eigenvalue weighted by atomic mass is 9.98. The topological polar surface area (TPSA) is 55.8 Å². The fraction of sp³-hybridized carbons (Fsp3) is 0.273. The van der Waals surface area contributed by atoms with Crippen LogP contribution in [0.15, 0.2) is 47.2 Å². The molecule has 0 fully saturated rings. The second-order valence-corrected chi connectivity index (χ2v) is 8.74. The molecule has 0 saturated heterocycles. The quantitative estimate of drug-likeness (QED) is 0.541. The Morgan fingerprint density at radius 1 is 1.14 bits per heavy atom. The van der Waals surface area contributed by atoms with Gasteiger partial charge in [-0.05, 0) is 60.0 Å². The number of nitrogens with zero attached hydrogens (tertiary/aromatic N) is 1. The number of methoxy groups -OCH3 is 1. The van der Waals surface area contributed by atoms with Crippen molar-refractivity contribution in [3.8, 4) is 11.5 Å². The minimum absolute atomic E-state index is 0.0513. The van der Waals surface area contributed by atoms with E-state index in [1.807, 2.05) is 16.3 Å². The molecule has 3 heterocycles. The highest BCUT2D eigenvalue weighted by Crippen LogP contribution is 2.39. The zero-order chi connectivity index (χ0) is 20.4. The van der Waals surface area contributed by atoms with E-state index < -0.39 is 0 Å². The Morgan fingerprint density at radius 2 is 2.00 bits per heavy atom. The summed E-state index contributed by atoms with van der Waals surface area (Å²) in [6.45, 7) is 2.08. The van der Waals surface area contributed by atoms with Crippen LogP contribution in [0.5, 0.6) is 11.5 Å². The zero-order valence-corrected chi connectivity index (χ0v) is 17.8. The number of thiophene rings is 2. The van der Waals surface area contributed by atoms with Crippen LogP contribution in [0, 0.1) is 0 Å². The van der Waals surface area contributed by atoms with E-state index in [0.717, 1.165) is 11.3 Å². The third-order valence-corrected chi connectivity index (χ3v) is 6.94. The van der Waals surface area contributed by atoms with Crippen LogP contribution in [0.25, 0.3) is 0 Å². The van der Waals surface area contributed by atoms with Gasteiger partial charge in [0.05, 0.1) is 13.2 Å². The monoisotopic (exact) mass is 427 g/mol. The molecule has 2 aromatic heterocycles. The van der Waals surface area contributed by atoms with Gasteiger partial charge in [-0.3, -0.25) is 9.59 Å². The maximum absolute atomic E-state index is 13.1. The van der Waals surface area contributed by atoms with Crippen LogP contribution < -0.4 is 9.47 Å². The van der Waals surface area contributed by atoms with E-state index in [1.54, 1.807) is 40.9 Å². The maximum atomic E-state index is 13.1. The van der Waals surface area contributed by atoms with Crippen molar-refractivity contribution in [2.75, 3.05) is 20.3 Å². The fourth-order valence-electron chi connectivity index (χ4n) is 3.57. The summed E-state index contributed by atoms with van der Waals surface area (Å²) in [7, 11) is 1.52. The van der Waals surface area contributed by atoms with Crippen LogP contribution in [0.1, 0.15) is 38.6 Å². The first-order valence-corrected chi connectivity index (χ1v) is 11.1. The summed E-state index contributed by atoms with van der Waals surface area (Å²) in [6.07, 6.45) is 0.858. The highest BCUT2D eigenvalue weighted by Gasteiger charge is 2.33. The molecule has 3 aromatic rings. The molecular weight excluding hydrogens is 406 g/mol. The number of fused-ring (bicyclic) bond motifs is 1. The summed E-state index contributed by atoms with van der Waals surface area (Å²) in [6, 6.07) is 11.1. The number of Topliss-reactive ketones (excluding diaryl/α,β-unsaturated/α-hetero) is 1. The van der Waals surface area contributed by atoms with Crippen LogP contribution in [-0.4, -0.2) is 36.9 Å². The first-order valence-electron chi connectivity index (χ1n) is 9.29. The molecule has 1 aromatic carbocycles. The first kappa shape index (κ1) is 19.7. The van der Waals surface area contributed by atoms with E-state index >= 15 is 0 Å². The average molecular weight is 428 g/mol. The molecule has 1 aliphatic rings. The average Bonchev–Trinajstić information content (AvgIpc) is 3.42. The van der Waals surface area contributed by atoms with Gasteiger partial charge in [0.2, 0.25) is 0 Å². The number of carbonyl (C=O) groups is 2. The van der Waals surface area contributed by atoms with Crippen molar-refractivity contribution < 1.29 is 19.1 Å². The minimum Gasteiger partial charge on any atom is -0.493 e. The third-order valence-electron chi connectivity index (χ3n) is 5.02. The van der Waals surface area contributed by atoms with Crippen LogP contribution in [0.3, 0.4) is 0 Å². The molecule has 5 nitrogen and oxygen atoms in total. The molecule has 150 valence electrons. The number of ether oxygens (including phenoxy) is 2. The first-order chi connectivity index (χ1) is 14.1. The maximum Gasteiger partial charge on any atom is 0.261 e. The highest BCUT2D eigenvalue weighted by atomic mass is 32.1. The van der Waals surface area contributed by atoms with Crippen molar-refractivity contribution in [2.45, 2.75) is 19.4 Å². The summed E-state index contributed by atoms with van der Waals surface area (Å²) >= 11 is 3.41. The van der Waals surface area contributed by atoms with Gasteiger partial charge < -0.3 is 14.4 Å². The molecule has 0 saturated carbocycles. The van der Waals surface area contributed by atoms with Gasteiger partial charge >= 0.3 is 0 Å². The summed E-state index contributed by atoms with van der Waals surface area (Å²) in [4.78, 5) is 29.1. The normalized spacial score (nSPS) is 15.7. The molecule has 0 radical (unpaired) electrons. The highest BCUT2D eigenvalue weighted by molar-refractivity contribution is 7.10. The number of rotatable bonds is 6. The molecular formula is C22H21NO4S2. The second-order valence-electron chi connectivity index (χ2n) is 6.76. The van der Waals surface area contributed by atoms with Crippen molar-refractivity contribution in [1.29, 1.82) is 0 Å². The van der Waals surface area contributed by atoms with Gasteiger partial charge in [-0.2, -0.15) is 0 Å². The van der Waals surface area contributed by atoms with E-state index in [2.05, 4.69) is 17.5 Å². The molecule has 0 aliphatic carbocycles. The Kier molecular flexibility index (Phi) is 5.69. The summed E-state index contributed by atoms with van der Waals surface area (Å²) in [5, 5.41) is 4.13. The second kappa shape index (κ2) is 8.39. The molecule has 0 unspecified atom stereocenters. The number of carbonyl (C=O) groups excluding carboxylic acids is 2. The van der Waals surface area contributed by atoms with Crippen LogP contribution >= 0.6 is 22.7 Å². The van der Waals surface area contributed by atoms with Gasteiger partial charge in [0.25, 0.3) is 5.91 Å². The summed E-state index contributed by atoms with van der Waals surface area (Å²) in [5.41, 5.74) is 1.75. The molecule has 4 rings (SSSR count). The van der Waals surface area contributed by atoms with Crippen molar-refractivity contribution in [3.05, 3.63) is 68.0 Å². The van der Waals surface area contributed by atoms with Gasteiger partial charge in [-0.25, -0.2) is 0 Å². The zero-order valence-electron chi connectivity index (χ0n) is 16.2. The van der Waals surface area contributed by atoms with E-state index in [-0.39, 0.29) is 24.3 Å². The number of hydrogen-bond acceptors (Lipinski definition) is 6. The Labute approximate surface area is 177 Å². The lowest BCUT2D eigenvalue weighted by Crippen LogP contribution is -2.42. The van der Waals surface area contributed by atoms with Gasteiger partial charge in [0.1, 0.15) is 0 Å². The van der Waals surface area contributed by atoms with Crippen molar-refractivity contribution in [2.24, 2.45) is 0 Å². The van der Waals surface area contributed by atoms with E-state index in [0.29, 0.717) is 23.6 Å². The van der Waals surface area contributed by atoms with Crippen LogP contribution in [0.4, 0.5) is 0 Å². The van der Waals surface area contributed by atoms with Crippen molar-refractivity contribution in [3.63, 3.8) is 0 Å². The fourth-order valence-corrected chi connectivity index (χ4v) is 5.33. The predicted molar refractivity (Wildman–Crippen MR) is 114 cm³/mol. The molecule has 1 atom stereocenters. The SMILES string of the molecule is COc1cc(C(C)=O)ccc1OCC(=O)N1CCc2sccc2[C@H]1c1cccs1. The summed E-state index contributed by atoms with van der Waals surface area (Å²) in [5.74, 6) is 0.772. The molecule has 7 heteroatoms. The Morgan fingerprint density at radius 3 is 2.72 bits per heavy atom. The number of hydrogen-bond donors (Lipinski definition) is 0.